The Morgan fingerprint density at radius 2 is 1.66 bits per heavy atom. The zero-order chi connectivity index (χ0) is 20.8. The Morgan fingerprint density at radius 3 is 2.21 bits per heavy atom. The lowest BCUT2D eigenvalue weighted by Gasteiger charge is -2.31. The summed E-state index contributed by atoms with van der Waals surface area (Å²) in [5.41, 5.74) is 6.65. The third-order valence-electron chi connectivity index (χ3n) is 5.10. The number of amides is 3. The predicted molar refractivity (Wildman–Crippen MR) is 111 cm³/mol. The second-order valence-electron chi connectivity index (χ2n) is 7.03. The molecule has 1 unspecified atom stereocenters. The lowest BCUT2D eigenvalue weighted by molar-refractivity contribution is -0.125. The van der Waals surface area contributed by atoms with E-state index in [0.717, 1.165) is 25.7 Å². The van der Waals surface area contributed by atoms with Gasteiger partial charge in [0.1, 0.15) is 6.04 Å². The first-order valence-electron chi connectivity index (χ1n) is 9.56. The van der Waals surface area contributed by atoms with Gasteiger partial charge in [-0.3, -0.25) is 19.3 Å². The van der Waals surface area contributed by atoms with Gasteiger partial charge in [0.15, 0.2) is 0 Å². The van der Waals surface area contributed by atoms with Gasteiger partial charge in [0.05, 0.1) is 0 Å². The fourth-order valence-corrected chi connectivity index (χ4v) is 3.64. The summed E-state index contributed by atoms with van der Waals surface area (Å²) >= 11 is 0. The quantitative estimate of drug-likeness (QED) is 0.744. The topological polar surface area (TPSA) is 92.5 Å². The first-order valence-corrected chi connectivity index (χ1v) is 9.56. The van der Waals surface area contributed by atoms with Crippen molar-refractivity contribution >= 4 is 23.4 Å². The van der Waals surface area contributed by atoms with Crippen LogP contribution < -0.4 is 16.0 Å². The molecule has 1 fully saturated rings. The normalized spacial score (nSPS) is 14.6. The molecule has 0 bridgehead atoms. The van der Waals surface area contributed by atoms with Crippen molar-refractivity contribution in [3.05, 3.63) is 65.7 Å². The summed E-state index contributed by atoms with van der Waals surface area (Å²) in [6.45, 7) is 0. The van der Waals surface area contributed by atoms with Gasteiger partial charge in [0.25, 0.3) is 0 Å². The molecular formula is C23H23N3O3. The Labute approximate surface area is 170 Å². The maximum absolute atomic E-state index is 13.3. The second-order valence-corrected chi connectivity index (χ2v) is 7.03. The first-order chi connectivity index (χ1) is 14.0. The molecule has 3 amide bonds. The van der Waals surface area contributed by atoms with Gasteiger partial charge in [-0.05, 0) is 48.6 Å². The molecular weight excluding hydrogens is 366 g/mol. The van der Waals surface area contributed by atoms with Crippen molar-refractivity contribution in [1.29, 1.82) is 0 Å². The van der Waals surface area contributed by atoms with E-state index in [-0.39, 0.29) is 11.9 Å². The van der Waals surface area contributed by atoms with Gasteiger partial charge < -0.3 is 11.1 Å². The van der Waals surface area contributed by atoms with E-state index in [9.17, 15) is 14.4 Å². The Kier molecular flexibility index (Phi) is 6.30. The Bertz CT molecular complexity index is 926. The minimum atomic E-state index is -0.931. The summed E-state index contributed by atoms with van der Waals surface area (Å²) in [6.07, 6.45) is 9.41. The van der Waals surface area contributed by atoms with E-state index in [1.807, 2.05) is 6.07 Å². The van der Waals surface area contributed by atoms with Crippen LogP contribution in [0.2, 0.25) is 0 Å². The number of primary amides is 1. The number of hydrogen-bond acceptors (Lipinski definition) is 3. The number of anilines is 1. The van der Waals surface area contributed by atoms with Gasteiger partial charge in [0, 0.05) is 17.3 Å². The summed E-state index contributed by atoms with van der Waals surface area (Å²) in [5.74, 6) is 0.604. The first kappa shape index (κ1) is 20.2. The number of rotatable bonds is 6. The summed E-state index contributed by atoms with van der Waals surface area (Å²) in [6, 6.07) is 14.3. The molecule has 0 spiro atoms. The van der Waals surface area contributed by atoms with Gasteiger partial charge in [-0.15, -0.1) is 6.42 Å². The van der Waals surface area contributed by atoms with E-state index in [1.54, 1.807) is 36.4 Å². The number of hydrogen-bond donors (Lipinski definition) is 2. The van der Waals surface area contributed by atoms with Crippen molar-refractivity contribution in [2.24, 2.45) is 5.73 Å². The minimum Gasteiger partial charge on any atom is -0.366 e. The van der Waals surface area contributed by atoms with Crippen molar-refractivity contribution in [3.63, 3.8) is 0 Å². The van der Waals surface area contributed by atoms with Crippen molar-refractivity contribution in [2.75, 3.05) is 4.90 Å². The van der Waals surface area contributed by atoms with E-state index in [0.29, 0.717) is 16.8 Å². The third kappa shape index (κ3) is 4.64. The smallest absolute Gasteiger partial charge is 0.303 e. The number of carbonyl (C=O) groups excluding carboxylic acids is 3. The molecule has 148 valence electrons. The molecule has 6 nitrogen and oxygen atoms in total. The predicted octanol–water partition coefficient (Wildman–Crippen LogP) is 2.55. The van der Waals surface area contributed by atoms with Crippen LogP contribution in [0.5, 0.6) is 0 Å². The van der Waals surface area contributed by atoms with E-state index in [2.05, 4.69) is 11.2 Å². The summed E-state index contributed by atoms with van der Waals surface area (Å²) < 4.78 is 0. The molecule has 29 heavy (non-hydrogen) atoms. The van der Waals surface area contributed by atoms with Gasteiger partial charge in [-0.25, -0.2) is 0 Å². The molecule has 0 aromatic heterocycles. The summed E-state index contributed by atoms with van der Waals surface area (Å²) in [7, 11) is 0. The molecule has 1 aliphatic carbocycles. The van der Waals surface area contributed by atoms with E-state index >= 15 is 0 Å². The lowest BCUT2D eigenvalue weighted by Crippen LogP contribution is -2.46. The van der Waals surface area contributed by atoms with Crippen molar-refractivity contribution in [1.82, 2.24) is 5.32 Å². The molecule has 2 aromatic rings. The van der Waals surface area contributed by atoms with Crippen LogP contribution in [0.1, 0.15) is 47.6 Å². The number of terminal acetylenes is 1. The Morgan fingerprint density at radius 1 is 1.03 bits per heavy atom. The van der Waals surface area contributed by atoms with E-state index < -0.39 is 17.9 Å². The van der Waals surface area contributed by atoms with Gasteiger partial charge >= 0.3 is 5.91 Å². The molecule has 3 N–H and O–H groups in total. The number of benzene rings is 2. The van der Waals surface area contributed by atoms with Crippen LogP contribution in [0.25, 0.3) is 0 Å². The van der Waals surface area contributed by atoms with Crippen LogP contribution in [0.3, 0.4) is 0 Å². The van der Waals surface area contributed by atoms with Gasteiger partial charge in [-0.2, -0.15) is 0 Å². The van der Waals surface area contributed by atoms with Crippen LogP contribution in [0.15, 0.2) is 54.6 Å². The largest absolute Gasteiger partial charge is 0.366 e. The molecule has 1 aliphatic rings. The molecule has 0 aliphatic heterocycles. The average molecular weight is 389 g/mol. The molecule has 0 radical (unpaired) electrons. The van der Waals surface area contributed by atoms with Crippen molar-refractivity contribution in [2.45, 2.75) is 37.8 Å². The molecule has 1 atom stereocenters. The highest BCUT2D eigenvalue weighted by Gasteiger charge is 2.33. The van der Waals surface area contributed by atoms with Crippen molar-refractivity contribution < 1.29 is 14.4 Å². The number of nitrogens with two attached hydrogens (primary N) is 1. The summed E-state index contributed by atoms with van der Waals surface area (Å²) in [5, 5.41) is 3.06. The molecule has 0 heterocycles. The highest BCUT2D eigenvalue weighted by Crippen LogP contribution is 2.29. The average Bonchev–Trinajstić information content (AvgIpc) is 3.25. The van der Waals surface area contributed by atoms with Gasteiger partial charge in [0.2, 0.25) is 11.8 Å². The number of carbonyl (C=O) groups is 3. The van der Waals surface area contributed by atoms with Gasteiger partial charge in [-0.1, -0.05) is 43.2 Å². The van der Waals surface area contributed by atoms with Crippen LogP contribution >= 0.6 is 0 Å². The fraction of sp³-hybridized carbons (Fsp3) is 0.261. The van der Waals surface area contributed by atoms with Crippen LogP contribution in [-0.4, -0.2) is 23.8 Å². The summed E-state index contributed by atoms with van der Waals surface area (Å²) in [4.78, 5) is 38.6. The third-order valence-corrected chi connectivity index (χ3v) is 5.10. The molecule has 6 heteroatoms. The van der Waals surface area contributed by atoms with Crippen molar-refractivity contribution in [3.8, 4) is 12.3 Å². The number of nitrogens with one attached hydrogen (secondary N) is 1. The highest BCUT2D eigenvalue weighted by atomic mass is 16.2. The monoisotopic (exact) mass is 389 g/mol. The maximum atomic E-state index is 13.3. The van der Waals surface area contributed by atoms with Crippen LogP contribution in [0, 0.1) is 12.3 Å². The van der Waals surface area contributed by atoms with Crippen LogP contribution in [0.4, 0.5) is 5.69 Å². The Hall–Kier alpha value is -3.59. The molecule has 0 saturated heterocycles. The lowest BCUT2D eigenvalue weighted by atomic mass is 10.0. The zero-order valence-corrected chi connectivity index (χ0v) is 16.0. The molecule has 1 saturated carbocycles. The molecule has 2 aromatic carbocycles. The standard InChI is InChI=1S/C23H23N3O3/c1-2-20(27)26(19-14-12-17(13-15-19)22(24)28)21(16-8-4-3-5-9-16)23(29)25-18-10-6-7-11-18/h1,3-5,8-9,12-15,18,21H,6-7,10-11H2,(H2,24,28)(H,25,29). The molecule has 3 rings (SSSR count). The number of nitrogens with zero attached hydrogens (tertiary/aromatic N) is 1. The van der Waals surface area contributed by atoms with E-state index in [4.69, 9.17) is 12.2 Å². The van der Waals surface area contributed by atoms with Crippen LogP contribution in [-0.2, 0) is 9.59 Å². The maximum Gasteiger partial charge on any atom is 0.303 e. The minimum absolute atomic E-state index is 0.0914. The second kappa shape index (κ2) is 9.07. The fourth-order valence-electron chi connectivity index (χ4n) is 3.64. The van der Waals surface area contributed by atoms with E-state index in [1.165, 1.54) is 17.0 Å². The SMILES string of the molecule is C#CC(=O)N(c1ccc(C(N)=O)cc1)C(C(=O)NC1CCCC1)c1ccccc1. The zero-order valence-electron chi connectivity index (χ0n) is 16.0. The highest BCUT2D eigenvalue weighted by molar-refractivity contribution is 6.09. The Balaban J connectivity index is 2.02.